The van der Waals surface area contributed by atoms with Gasteiger partial charge in [-0.25, -0.2) is 4.39 Å². The fraction of sp³-hybridized carbons (Fsp3) is 0.286. The van der Waals surface area contributed by atoms with E-state index in [4.69, 9.17) is 4.42 Å². The molecule has 30 heavy (non-hydrogen) atoms. The number of amides is 1. The largest absolute Gasteiger partial charge is 0.573 e. The highest BCUT2D eigenvalue weighted by Crippen LogP contribution is 2.38. The Bertz CT molecular complexity index is 1060. The van der Waals surface area contributed by atoms with Gasteiger partial charge in [0.05, 0.1) is 6.04 Å². The van der Waals surface area contributed by atoms with Crippen LogP contribution in [0.1, 0.15) is 17.0 Å². The summed E-state index contributed by atoms with van der Waals surface area (Å²) in [6.45, 7) is 0.747. The molecule has 1 aromatic heterocycles. The first kappa shape index (κ1) is 20.2. The van der Waals surface area contributed by atoms with Crippen LogP contribution in [0.15, 0.2) is 52.9 Å². The number of ether oxygens (including phenoxy) is 1. The SMILES string of the molecule is O=C(N[C@H]1CCNC[C@@H]1F)c1cc2cccc(-c3ccccc3OC(F)(F)F)c2o1. The van der Waals surface area contributed by atoms with Crippen LogP contribution in [0.2, 0.25) is 0 Å². The molecule has 1 amide bonds. The summed E-state index contributed by atoms with van der Waals surface area (Å²) in [5.41, 5.74) is 0.753. The number of nitrogens with one attached hydrogen (secondary N) is 2. The van der Waals surface area contributed by atoms with Gasteiger partial charge >= 0.3 is 6.36 Å². The van der Waals surface area contributed by atoms with Gasteiger partial charge in [-0.3, -0.25) is 4.79 Å². The van der Waals surface area contributed by atoms with Crippen LogP contribution in [0.4, 0.5) is 17.6 Å². The second-order valence-electron chi connectivity index (χ2n) is 6.97. The molecule has 0 spiro atoms. The summed E-state index contributed by atoms with van der Waals surface area (Å²) in [5.74, 6) is -1.00. The van der Waals surface area contributed by atoms with Crippen molar-refractivity contribution in [3.05, 3.63) is 54.3 Å². The molecule has 4 rings (SSSR count). The summed E-state index contributed by atoms with van der Waals surface area (Å²) in [7, 11) is 0. The van der Waals surface area contributed by atoms with Gasteiger partial charge in [0.25, 0.3) is 5.91 Å². The minimum Gasteiger partial charge on any atom is -0.450 e. The number of carbonyl (C=O) groups is 1. The Morgan fingerprint density at radius 1 is 1.13 bits per heavy atom. The third kappa shape index (κ3) is 4.25. The highest BCUT2D eigenvalue weighted by Gasteiger charge is 2.32. The molecule has 158 valence electrons. The number of rotatable bonds is 4. The molecule has 9 heteroatoms. The molecule has 1 fully saturated rings. The average molecular weight is 422 g/mol. The lowest BCUT2D eigenvalue weighted by Gasteiger charge is -2.27. The number of piperidine rings is 1. The second kappa shape index (κ2) is 7.98. The predicted molar refractivity (Wildman–Crippen MR) is 102 cm³/mol. The lowest BCUT2D eigenvalue weighted by Crippen LogP contribution is -2.50. The Morgan fingerprint density at radius 3 is 2.67 bits per heavy atom. The Hall–Kier alpha value is -3.07. The molecule has 1 aliphatic heterocycles. The van der Waals surface area contributed by atoms with Gasteiger partial charge in [-0.2, -0.15) is 0 Å². The van der Waals surface area contributed by atoms with Crippen molar-refractivity contribution in [3.8, 4) is 16.9 Å². The smallest absolute Gasteiger partial charge is 0.450 e. The molecule has 2 atom stereocenters. The molecule has 1 saturated heterocycles. The highest BCUT2D eigenvalue weighted by molar-refractivity contribution is 6.00. The zero-order chi connectivity index (χ0) is 21.3. The first-order valence-corrected chi connectivity index (χ1v) is 9.35. The number of para-hydroxylation sites is 2. The molecule has 0 radical (unpaired) electrons. The lowest BCUT2D eigenvalue weighted by molar-refractivity contribution is -0.274. The fourth-order valence-corrected chi connectivity index (χ4v) is 3.51. The van der Waals surface area contributed by atoms with E-state index in [1.54, 1.807) is 24.3 Å². The number of benzene rings is 2. The Balaban J connectivity index is 1.68. The molecular weight excluding hydrogens is 404 g/mol. The normalized spacial score (nSPS) is 19.6. The number of carbonyl (C=O) groups excluding carboxylic acids is 1. The van der Waals surface area contributed by atoms with Crippen LogP contribution in [-0.4, -0.2) is 37.6 Å². The van der Waals surface area contributed by atoms with Crippen LogP contribution >= 0.6 is 0 Å². The van der Waals surface area contributed by atoms with E-state index in [1.165, 1.54) is 24.3 Å². The average Bonchev–Trinajstić information content (AvgIpc) is 3.14. The van der Waals surface area contributed by atoms with E-state index in [-0.39, 0.29) is 29.2 Å². The summed E-state index contributed by atoms with van der Waals surface area (Å²) < 4.78 is 62.1. The van der Waals surface area contributed by atoms with Gasteiger partial charge in [-0.05, 0) is 25.1 Å². The van der Waals surface area contributed by atoms with E-state index in [2.05, 4.69) is 15.4 Å². The van der Waals surface area contributed by atoms with E-state index in [0.29, 0.717) is 23.9 Å². The summed E-state index contributed by atoms with van der Waals surface area (Å²) in [6, 6.07) is 11.4. The number of alkyl halides is 4. The Morgan fingerprint density at radius 2 is 1.90 bits per heavy atom. The van der Waals surface area contributed by atoms with Crippen LogP contribution < -0.4 is 15.4 Å². The molecule has 2 aromatic carbocycles. The zero-order valence-electron chi connectivity index (χ0n) is 15.6. The van der Waals surface area contributed by atoms with E-state index in [0.717, 1.165) is 0 Å². The summed E-state index contributed by atoms with van der Waals surface area (Å²) in [5, 5.41) is 6.06. The van der Waals surface area contributed by atoms with Crippen molar-refractivity contribution >= 4 is 16.9 Å². The van der Waals surface area contributed by atoms with Crippen molar-refractivity contribution in [1.29, 1.82) is 0 Å². The second-order valence-corrected chi connectivity index (χ2v) is 6.97. The van der Waals surface area contributed by atoms with E-state index in [9.17, 15) is 22.4 Å². The third-order valence-corrected chi connectivity index (χ3v) is 4.90. The summed E-state index contributed by atoms with van der Waals surface area (Å²) in [4.78, 5) is 12.6. The Labute approximate surface area is 169 Å². The standard InChI is InChI=1S/C21H18F4N2O3/c22-15-11-26-9-8-16(15)27-20(28)18-10-12-4-3-6-14(19(12)29-18)13-5-1-2-7-17(13)30-21(23,24)25/h1-7,10,15-16,26H,8-9,11H2,(H,27,28)/t15-,16-/m0/s1. The monoisotopic (exact) mass is 422 g/mol. The van der Waals surface area contributed by atoms with Crippen LogP contribution in [0.25, 0.3) is 22.1 Å². The van der Waals surface area contributed by atoms with Crippen molar-refractivity contribution in [2.24, 2.45) is 0 Å². The minimum absolute atomic E-state index is 0.0441. The molecule has 0 bridgehead atoms. The quantitative estimate of drug-likeness (QED) is 0.611. The molecule has 3 aromatic rings. The van der Waals surface area contributed by atoms with E-state index in [1.807, 2.05) is 0 Å². The lowest BCUT2D eigenvalue weighted by atomic mass is 10.0. The van der Waals surface area contributed by atoms with E-state index >= 15 is 0 Å². The maximum atomic E-state index is 14.0. The minimum atomic E-state index is -4.85. The summed E-state index contributed by atoms with van der Waals surface area (Å²) in [6.07, 6.45) is -5.62. The van der Waals surface area contributed by atoms with Crippen LogP contribution in [-0.2, 0) is 0 Å². The first-order chi connectivity index (χ1) is 14.3. The number of furan rings is 1. The predicted octanol–water partition coefficient (Wildman–Crippen LogP) is 4.43. The highest BCUT2D eigenvalue weighted by atomic mass is 19.4. The van der Waals surface area contributed by atoms with Gasteiger partial charge in [-0.1, -0.05) is 36.4 Å². The fourth-order valence-electron chi connectivity index (χ4n) is 3.51. The van der Waals surface area contributed by atoms with Gasteiger partial charge in [0.15, 0.2) is 5.76 Å². The summed E-state index contributed by atoms with van der Waals surface area (Å²) >= 11 is 0. The van der Waals surface area contributed by atoms with Crippen molar-refractivity contribution in [2.75, 3.05) is 13.1 Å². The van der Waals surface area contributed by atoms with Crippen molar-refractivity contribution in [1.82, 2.24) is 10.6 Å². The van der Waals surface area contributed by atoms with Gasteiger partial charge in [-0.15, -0.1) is 13.2 Å². The molecule has 2 heterocycles. The zero-order valence-corrected chi connectivity index (χ0v) is 15.6. The van der Waals surface area contributed by atoms with Gasteiger partial charge < -0.3 is 19.8 Å². The first-order valence-electron chi connectivity index (χ1n) is 9.35. The van der Waals surface area contributed by atoms with Crippen LogP contribution in [0, 0.1) is 0 Å². The molecule has 2 N–H and O–H groups in total. The number of hydrogen-bond acceptors (Lipinski definition) is 4. The van der Waals surface area contributed by atoms with Crippen molar-refractivity contribution in [3.63, 3.8) is 0 Å². The van der Waals surface area contributed by atoms with Gasteiger partial charge in [0.1, 0.15) is 17.5 Å². The molecule has 0 unspecified atom stereocenters. The van der Waals surface area contributed by atoms with Gasteiger partial charge in [0, 0.05) is 23.1 Å². The van der Waals surface area contributed by atoms with Crippen molar-refractivity contribution in [2.45, 2.75) is 25.0 Å². The van der Waals surface area contributed by atoms with Crippen LogP contribution in [0.3, 0.4) is 0 Å². The molecule has 1 aliphatic rings. The molecule has 0 aliphatic carbocycles. The number of halogens is 4. The van der Waals surface area contributed by atoms with E-state index < -0.39 is 24.5 Å². The molecular formula is C21H18F4N2O3. The third-order valence-electron chi connectivity index (χ3n) is 4.90. The molecule has 0 saturated carbocycles. The maximum Gasteiger partial charge on any atom is 0.573 e. The van der Waals surface area contributed by atoms with Gasteiger partial charge in [0.2, 0.25) is 0 Å². The maximum absolute atomic E-state index is 14.0. The van der Waals surface area contributed by atoms with Crippen molar-refractivity contribution < 1.29 is 31.5 Å². The number of fused-ring (bicyclic) bond motifs is 1. The van der Waals surface area contributed by atoms with Crippen LogP contribution in [0.5, 0.6) is 5.75 Å². The Kier molecular flexibility index (Phi) is 5.38. The molecule has 5 nitrogen and oxygen atoms in total. The number of hydrogen-bond donors (Lipinski definition) is 2. The topological polar surface area (TPSA) is 63.5 Å².